The molecule has 0 fully saturated rings. The maximum absolute atomic E-state index is 13.7. The molecule has 1 amide bonds. The Morgan fingerprint density at radius 1 is 1.02 bits per heavy atom. The standard InChI is InChI=1S/C33H29F3N4O5S/c1-19-29(32(42)45-17-21-10-12-23(13-11-21)26-14-15-28(41)39-38-26)30(31(40(43)44)20(2)37-19)25-8-3-4-9-27(25)46-18-22-6-5-7-24(16-22)33(34,35)36/h3-13,16,30,37H,14-15,17-18H2,1-2H3,(H,39,41). The second-order valence-corrected chi connectivity index (χ2v) is 11.8. The number of benzene rings is 3. The molecule has 0 aromatic heterocycles. The van der Waals surface area contributed by atoms with Crippen LogP contribution in [-0.4, -0.2) is 22.5 Å². The molecule has 9 nitrogen and oxygen atoms in total. The van der Waals surface area contributed by atoms with Gasteiger partial charge in [-0.25, -0.2) is 10.2 Å². The molecule has 0 aliphatic carbocycles. The van der Waals surface area contributed by atoms with E-state index in [0.717, 1.165) is 23.4 Å². The summed E-state index contributed by atoms with van der Waals surface area (Å²) in [7, 11) is 0. The Kier molecular flexibility index (Phi) is 9.61. The summed E-state index contributed by atoms with van der Waals surface area (Å²) in [5.41, 5.74) is 5.31. The number of hydrazone groups is 1. The van der Waals surface area contributed by atoms with Gasteiger partial charge in [0.1, 0.15) is 12.5 Å². The van der Waals surface area contributed by atoms with Gasteiger partial charge in [0.15, 0.2) is 0 Å². The third-order valence-corrected chi connectivity index (χ3v) is 8.74. The quantitative estimate of drug-likeness (QED) is 0.113. The van der Waals surface area contributed by atoms with Gasteiger partial charge in [0.05, 0.1) is 27.5 Å². The number of esters is 1. The number of nitrogens with zero attached hydrogens (tertiary/aromatic N) is 2. The van der Waals surface area contributed by atoms with Gasteiger partial charge in [0.2, 0.25) is 5.91 Å². The van der Waals surface area contributed by atoms with Crippen LogP contribution in [0.3, 0.4) is 0 Å². The molecule has 5 rings (SSSR count). The summed E-state index contributed by atoms with van der Waals surface area (Å²) in [6.07, 6.45) is -3.64. The highest BCUT2D eigenvalue weighted by atomic mass is 32.2. The van der Waals surface area contributed by atoms with Crippen LogP contribution in [0.4, 0.5) is 13.2 Å². The van der Waals surface area contributed by atoms with Gasteiger partial charge >= 0.3 is 12.1 Å². The molecule has 0 saturated carbocycles. The predicted octanol–water partition coefficient (Wildman–Crippen LogP) is 6.82. The van der Waals surface area contributed by atoms with Gasteiger partial charge < -0.3 is 10.1 Å². The molecule has 13 heteroatoms. The van der Waals surface area contributed by atoms with Crippen LogP contribution in [0.25, 0.3) is 0 Å². The summed E-state index contributed by atoms with van der Waals surface area (Å²) in [5, 5.41) is 19.4. The number of hydrogen-bond donors (Lipinski definition) is 2. The first kappa shape index (κ1) is 32.5. The fraction of sp³-hybridized carbons (Fsp3) is 0.242. The first-order valence-electron chi connectivity index (χ1n) is 14.2. The number of ether oxygens (including phenoxy) is 1. The largest absolute Gasteiger partial charge is 0.457 e. The minimum Gasteiger partial charge on any atom is -0.457 e. The number of rotatable bonds is 9. The molecule has 2 N–H and O–H groups in total. The van der Waals surface area contributed by atoms with Crippen molar-refractivity contribution in [3.63, 3.8) is 0 Å². The van der Waals surface area contributed by atoms with Crippen LogP contribution in [0.1, 0.15) is 60.4 Å². The molecular formula is C33H29F3N4O5S. The number of carbonyl (C=O) groups excluding carboxylic acids is 2. The van der Waals surface area contributed by atoms with E-state index in [1.54, 1.807) is 56.3 Å². The van der Waals surface area contributed by atoms with Gasteiger partial charge in [0, 0.05) is 29.2 Å². The molecule has 0 spiro atoms. The maximum Gasteiger partial charge on any atom is 0.416 e. The number of alkyl halides is 3. The Labute approximate surface area is 266 Å². The Morgan fingerprint density at radius 3 is 2.43 bits per heavy atom. The van der Waals surface area contributed by atoms with Crippen molar-refractivity contribution in [2.75, 3.05) is 0 Å². The lowest BCUT2D eigenvalue weighted by molar-refractivity contribution is -0.431. The number of amides is 1. The number of allylic oxidation sites excluding steroid dienone is 3. The van der Waals surface area contributed by atoms with E-state index in [9.17, 15) is 32.9 Å². The highest BCUT2D eigenvalue weighted by molar-refractivity contribution is 7.98. The number of thioether (sulfide) groups is 1. The normalized spacial score (nSPS) is 16.8. The first-order chi connectivity index (χ1) is 21.9. The lowest BCUT2D eigenvalue weighted by atomic mass is 9.84. The Hall–Kier alpha value is -4.91. The molecule has 0 radical (unpaired) electrons. The molecule has 0 bridgehead atoms. The highest BCUT2D eigenvalue weighted by Crippen LogP contribution is 2.43. The summed E-state index contributed by atoms with van der Waals surface area (Å²) < 4.78 is 45.5. The molecule has 2 heterocycles. The van der Waals surface area contributed by atoms with Crippen molar-refractivity contribution in [2.45, 2.75) is 56.0 Å². The van der Waals surface area contributed by atoms with Crippen molar-refractivity contribution < 1.29 is 32.4 Å². The van der Waals surface area contributed by atoms with Crippen LogP contribution in [0.15, 0.2) is 105 Å². The zero-order chi connectivity index (χ0) is 33.0. The average molecular weight is 651 g/mol. The van der Waals surface area contributed by atoms with E-state index in [0.29, 0.717) is 40.1 Å². The van der Waals surface area contributed by atoms with Crippen molar-refractivity contribution in [3.8, 4) is 0 Å². The third-order valence-electron chi connectivity index (χ3n) is 7.58. The van der Waals surface area contributed by atoms with Crippen LogP contribution in [0.5, 0.6) is 0 Å². The van der Waals surface area contributed by atoms with Crippen molar-refractivity contribution in [1.29, 1.82) is 0 Å². The first-order valence-corrected chi connectivity index (χ1v) is 15.2. The summed E-state index contributed by atoms with van der Waals surface area (Å²) in [4.78, 5) is 37.5. The van der Waals surface area contributed by atoms with E-state index >= 15 is 0 Å². The van der Waals surface area contributed by atoms with E-state index in [-0.39, 0.29) is 35.2 Å². The molecule has 46 heavy (non-hydrogen) atoms. The molecule has 2 aliphatic heterocycles. The minimum absolute atomic E-state index is 0.0633. The summed E-state index contributed by atoms with van der Waals surface area (Å²) in [5.74, 6) is -1.83. The highest BCUT2D eigenvalue weighted by Gasteiger charge is 2.42. The van der Waals surface area contributed by atoms with E-state index in [2.05, 4.69) is 15.8 Å². The van der Waals surface area contributed by atoms with Crippen LogP contribution in [-0.2, 0) is 32.9 Å². The maximum atomic E-state index is 13.7. The zero-order valence-corrected chi connectivity index (χ0v) is 25.6. The van der Waals surface area contributed by atoms with Crippen molar-refractivity contribution >= 4 is 29.4 Å². The number of hydrogen-bond acceptors (Lipinski definition) is 8. The molecule has 1 unspecified atom stereocenters. The van der Waals surface area contributed by atoms with Crippen LogP contribution >= 0.6 is 11.8 Å². The third kappa shape index (κ3) is 7.31. The Morgan fingerprint density at radius 2 is 1.76 bits per heavy atom. The molecule has 3 aromatic carbocycles. The molecule has 1 atom stereocenters. The predicted molar refractivity (Wildman–Crippen MR) is 166 cm³/mol. The number of dihydropyridines is 1. The van der Waals surface area contributed by atoms with Crippen molar-refractivity contribution in [1.82, 2.24) is 10.7 Å². The van der Waals surface area contributed by atoms with Gasteiger partial charge in [-0.3, -0.25) is 14.9 Å². The Bertz CT molecular complexity index is 1780. The van der Waals surface area contributed by atoms with Gasteiger partial charge in [0.25, 0.3) is 5.70 Å². The fourth-order valence-corrected chi connectivity index (χ4v) is 6.38. The van der Waals surface area contributed by atoms with E-state index < -0.39 is 28.6 Å². The number of carbonyl (C=O) groups is 2. The summed E-state index contributed by atoms with van der Waals surface area (Å²) >= 11 is 1.23. The minimum atomic E-state index is -4.49. The molecule has 2 aliphatic rings. The molecular weight excluding hydrogens is 621 g/mol. The van der Waals surface area contributed by atoms with Crippen molar-refractivity contribution in [2.24, 2.45) is 5.10 Å². The molecule has 0 saturated heterocycles. The van der Waals surface area contributed by atoms with Crippen LogP contribution < -0.4 is 10.7 Å². The lowest BCUT2D eigenvalue weighted by Gasteiger charge is -2.27. The van der Waals surface area contributed by atoms with Gasteiger partial charge in [-0.2, -0.15) is 18.3 Å². The van der Waals surface area contributed by atoms with E-state index in [1.165, 1.54) is 17.8 Å². The smallest absolute Gasteiger partial charge is 0.416 e. The second kappa shape index (κ2) is 13.6. The van der Waals surface area contributed by atoms with Gasteiger partial charge in [-0.15, -0.1) is 11.8 Å². The zero-order valence-electron chi connectivity index (χ0n) is 24.8. The SMILES string of the molecule is CC1=C(C(=O)OCc2ccc(C3=NNC(=O)CC3)cc2)C(c2ccccc2SCc2cccc(C(F)(F)F)c2)C([N+](=O)[O-])=C(C)N1. The van der Waals surface area contributed by atoms with Crippen LogP contribution in [0, 0.1) is 10.1 Å². The lowest BCUT2D eigenvalue weighted by Crippen LogP contribution is -2.31. The summed E-state index contributed by atoms with van der Waals surface area (Å²) in [6.45, 7) is 3.09. The second-order valence-electron chi connectivity index (χ2n) is 10.8. The van der Waals surface area contributed by atoms with Gasteiger partial charge in [-0.1, -0.05) is 60.7 Å². The Balaban J connectivity index is 1.39. The van der Waals surface area contributed by atoms with Crippen LogP contribution in [0.2, 0.25) is 0 Å². The van der Waals surface area contributed by atoms with E-state index in [1.807, 2.05) is 12.1 Å². The van der Waals surface area contributed by atoms with Crippen molar-refractivity contribution in [3.05, 3.63) is 133 Å². The fourth-order valence-electron chi connectivity index (χ4n) is 5.35. The number of nitro groups is 1. The van der Waals surface area contributed by atoms with Gasteiger partial charge in [-0.05, 0) is 48.2 Å². The number of halogens is 3. The molecule has 3 aromatic rings. The topological polar surface area (TPSA) is 123 Å². The van der Waals surface area contributed by atoms with E-state index in [4.69, 9.17) is 4.74 Å². The average Bonchev–Trinajstić information content (AvgIpc) is 3.02. The summed E-state index contributed by atoms with van der Waals surface area (Å²) in [6, 6.07) is 19.0. The monoisotopic (exact) mass is 650 g/mol. The number of nitrogens with one attached hydrogen (secondary N) is 2. The molecule has 238 valence electrons.